The first kappa shape index (κ1) is 11.2. The van der Waals surface area contributed by atoms with Crippen LogP contribution >= 0.6 is 0 Å². The zero-order valence-electron chi connectivity index (χ0n) is 10.6. The van der Waals surface area contributed by atoms with Crippen LogP contribution in [0.1, 0.15) is 40.3 Å². The van der Waals surface area contributed by atoms with Crippen LogP contribution in [0.2, 0.25) is 0 Å². The third-order valence-electron chi connectivity index (χ3n) is 2.54. The van der Waals surface area contributed by atoms with Crippen molar-refractivity contribution >= 4 is 0 Å². The molecule has 0 fully saturated rings. The van der Waals surface area contributed by atoms with Crippen LogP contribution in [0.15, 0.2) is 12.1 Å². The third kappa shape index (κ3) is 2.13. The summed E-state index contributed by atoms with van der Waals surface area (Å²) in [5, 5.41) is 0. The van der Waals surface area contributed by atoms with Gasteiger partial charge in [-0.3, -0.25) is 0 Å². The molecule has 1 aliphatic rings. The second-order valence-corrected chi connectivity index (χ2v) is 5.90. The lowest BCUT2D eigenvalue weighted by Crippen LogP contribution is -2.39. The van der Waals surface area contributed by atoms with Crippen LogP contribution in [-0.2, 0) is 5.41 Å². The lowest BCUT2D eigenvalue weighted by Gasteiger charge is -2.32. The van der Waals surface area contributed by atoms with Crippen LogP contribution < -0.4 is 9.47 Å². The molecule has 0 radical (unpaired) electrons. The van der Waals surface area contributed by atoms with E-state index in [1.807, 2.05) is 26.0 Å². The number of hydrogen-bond acceptors (Lipinski definition) is 3. The Hall–Kier alpha value is -1.25. The van der Waals surface area contributed by atoms with Crippen molar-refractivity contribution in [2.45, 2.75) is 45.6 Å². The molecule has 16 heavy (non-hydrogen) atoms. The van der Waals surface area contributed by atoms with Gasteiger partial charge < -0.3 is 9.47 Å². The molecule has 0 aliphatic carbocycles. The average molecular weight is 221 g/mol. The van der Waals surface area contributed by atoms with Gasteiger partial charge >= 0.3 is 0 Å². The Morgan fingerprint density at radius 1 is 1.25 bits per heavy atom. The Kier molecular flexibility index (Phi) is 2.37. The first-order chi connectivity index (χ1) is 7.28. The Morgan fingerprint density at radius 3 is 2.56 bits per heavy atom. The van der Waals surface area contributed by atoms with Crippen molar-refractivity contribution in [2.24, 2.45) is 0 Å². The summed E-state index contributed by atoms with van der Waals surface area (Å²) >= 11 is 0. The summed E-state index contributed by atoms with van der Waals surface area (Å²) in [6, 6.07) is 3.94. The maximum Gasteiger partial charge on any atom is 0.257 e. The van der Waals surface area contributed by atoms with Gasteiger partial charge in [-0.2, -0.15) is 0 Å². The summed E-state index contributed by atoms with van der Waals surface area (Å²) in [5.41, 5.74) is 0.754. The molecule has 3 heteroatoms. The number of nitrogens with zero attached hydrogens (tertiary/aromatic N) is 1. The van der Waals surface area contributed by atoms with Crippen molar-refractivity contribution in [3.63, 3.8) is 0 Å². The number of fused-ring (bicyclic) bond motifs is 1. The Balaban J connectivity index is 2.39. The van der Waals surface area contributed by atoms with Crippen LogP contribution in [0.3, 0.4) is 0 Å². The second-order valence-electron chi connectivity index (χ2n) is 5.90. The first-order valence-corrected chi connectivity index (χ1v) is 5.61. The molecular formula is C13H19NO2. The third-order valence-corrected chi connectivity index (χ3v) is 2.54. The minimum absolute atomic E-state index is 0.0278. The average Bonchev–Trinajstić information content (AvgIpc) is 2.13. The van der Waals surface area contributed by atoms with E-state index in [-0.39, 0.29) is 11.0 Å². The number of pyridine rings is 1. The Morgan fingerprint density at radius 2 is 1.94 bits per heavy atom. The molecule has 0 saturated carbocycles. The largest absolute Gasteiger partial charge is 0.484 e. The molecule has 0 bridgehead atoms. The molecule has 1 aromatic heterocycles. The fraction of sp³-hybridized carbons (Fsp3) is 0.615. The van der Waals surface area contributed by atoms with E-state index in [0.717, 1.165) is 11.4 Å². The van der Waals surface area contributed by atoms with Gasteiger partial charge in [0.25, 0.3) is 5.88 Å². The lowest BCUT2D eigenvalue weighted by molar-refractivity contribution is 0.0157. The van der Waals surface area contributed by atoms with E-state index in [4.69, 9.17) is 9.47 Å². The standard InChI is InChI=1S/C13H19NO2/c1-12(2,3)10-7-6-9-11(14-10)16-13(4,5)8-15-9/h6-7H,8H2,1-5H3. The summed E-state index contributed by atoms with van der Waals surface area (Å²) in [5.74, 6) is 1.36. The van der Waals surface area contributed by atoms with Gasteiger partial charge in [0.1, 0.15) is 12.2 Å². The van der Waals surface area contributed by atoms with Gasteiger partial charge in [-0.15, -0.1) is 0 Å². The van der Waals surface area contributed by atoms with Gasteiger partial charge in [-0.05, 0) is 26.0 Å². The van der Waals surface area contributed by atoms with Crippen molar-refractivity contribution < 1.29 is 9.47 Å². The molecule has 0 spiro atoms. The Labute approximate surface area is 96.8 Å². The van der Waals surface area contributed by atoms with E-state index in [1.165, 1.54) is 0 Å². The van der Waals surface area contributed by atoms with Gasteiger partial charge in [0, 0.05) is 5.41 Å². The Bertz CT molecular complexity index is 405. The molecule has 0 atom stereocenters. The molecule has 0 N–H and O–H groups in total. The fourth-order valence-electron chi connectivity index (χ4n) is 1.57. The van der Waals surface area contributed by atoms with E-state index < -0.39 is 0 Å². The number of ether oxygens (including phenoxy) is 2. The van der Waals surface area contributed by atoms with Crippen molar-refractivity contribution in [1.29, 1.82) is 0 Å². The van der Waals surface area contributed by atoms with Crippen LogP contribution in [0.25, 0.3) is 0 Å². The van der Waals surface area contributed by atoms with Gasteiger partial charge in [0.15, 0.2) is 5.75 Å². The van der Waals surface area contributed by atoms with Crippen molar-refractivity contribution in [2.75, 3.05) is 6.61 Å². The second kappa shape index (κ2) is 3.37. The lowest BCUT2D eigenvalue weighted by atomic mass is 9.91. The maximum atomic E-state index is 5.82. The van der Waals surface area contributed by atoms with Crippen molar-refractivity contribution in [1.82, 2.24) is 4.98 Å². The zero-order chi connectivity index (χ0) is 12.0. The summed E-state index contributed by atoms with van der Waals surface area (Å²) in [7, 11) is 0. The van der Waals surface area contributed by atoms with E-state index in [2.05, 4.69) is 25.8 Å². The topological polar surface area (TPSA) is 31.4 Å². The van der Waals surface area contributed by atoms with Crippen molar-refractivity contribution in [3.05, 3.63) is 17.8 Å². The maximum absolute atomic E-state index is 5.82. The molecule has 2 rings (SSSR count). The van der Waals surface area contributed by atoms with Gasteiger partial charge in [-0.1, -0.05) is 20.8 Å². The highest BCUT2D eigenvalue weighted by molar-refractivity contribution is 5.38. The molecule has 0 unspecified atom stereocenters. The van der Waals surface area contributed by atoms with E-state index in [1.54, 1.807) is 0 Å². The van der Waals surface area contributed by atoms with Crippen LogP contribution in [0.5, 0.6) is 11.6 Å². The predicted molar refractivity (Wildman–Crippen MR) is 63.1 cm³/mol. The van der Waals surface area contributed by atoms with Crippen LogP contribution in [-0.4, -0.2) is 17.2 Å². The SMILES string of the molecule is CC1(C)COc2ccc(C(C)(C)C)nc2O1. The predicted octanol–water partition coefficient (Wildman–Crippen LogP) is 2.93. The monoisotopic (exact) mass is 221 g/mol. The molecule has 1 aromatic rings. The van der Waals surface area contributed by atoms with E-state index in [9.17, 15) is 0 Å². The summed E-state index contributed by atoms with van der Waals surface area (Å²) in [6.45, 7) is 11.0. The molecule has 0 saturated heterocycles. The van der Waals surface area contributed by atoms with E-state index in [0.29, 0.717) is 12.5 Å². The fourth-order valence-corrected chi connectivity index (χ4v) is 1.57. The summed E-state index contributed by atoms with van der Waals surface area (Å²) in [4.78, 5) is 4.53. The van der Waals surface area contributed by atoms with Gasteiger partial charge in [-0.25, -0.2) is 4.98 Å². The number of rotatable bonds is 0. The molecule has 3 nitrogen and oxygen atoms in total. The smallest absolute Gasteiger partial charge is 0.257 e. The van der Waals surface area contributed by atoms with Gasteiger partial charge in [0.2, 0.25) is 0 Å². The van der Waals surface area contributed by atoms with Crippen LogP contribution in [0.4, 0.5) is 0 Å². The highest BCUT2D eigenvalue weighted by Gasteiger charge is 2.30. The normalized spacial score (nSPS) is 18.3. The molecule has 0 aromatic carbocycles. The highest BCUT2D eigenvalue weighted by atomic mass is 16.6. The first-order valence-electron chi connectivity index (χ1n) is 5.61. The molecule has 0 amide bonds. The summed E-state index contributed by atoms with van der Waals surface area (Å²) < 4.78 is 11.4. The molecule has 88 valence electrons. The molecular weight excluding hydrogens is 202 g/mol. The van der Waals surface area contributed by atoms with Crippen molar-refractivity contribution in [3.8, 4) is 11.6 Å². The van der Waals surface area contributed by atoms with Crippen LogP contribution in [0, 0.1) is 0 Å². The minimum Gasteiger partial charge on any atom is -0.484 e. The highest BCUT2D eigenvalue weighted by Crippen LogP contribution is 2.35. The molecule has 1 aliphatic heterocycles. The van der Waals surface area contributed by atoms with E-state index >= 15 is 0 Å². The number of aromatic nitrogens is 1. The summed E-state index contributed by atoms with van der Waals surface area (Å²) in [6.07, 6.45) is 0. The van der Waals surface area contributed by atoms with Gasteiger partial charge in [0.05, 0.1) is 5.69 Å². The number of hydrogen-bond donors (Lipinski definition) is 0. The molecule has 2 heterocycles. The minimum atomic E-state index is -0.295. The quantitative estimate of drug-likeness (QED) is 0.675. The zero-order valence-corrected chi connectivity index (χ0v) is 10.6.